The molecule has 10 heteroatoms. The fraction of sp³-hybridized carbons (Fsp3) is 0.389. The zero-order valence-corrected chi connectivity index (χ0v) is 17.6. The van der Waals surface area contributed by atoms with Crippen molar-refractivity contribution in [3.05, 3.63) is 46.8 Å². The van der Waals surface area contributed by atoms with Gasteiger partial charge in [-0.1, -0.05) is 29.8 Å². The Bertz CT molecular complexity index is 882. The number of rotatable bonds is 8. The number of hydrogen-bond acceptors (Lipinski definition) is 6. The Labute approximate surface area is 173 Å². The summed E-state index contributed by atoms with van der Waals surface area (Å²) in [6.45, 7) is 3.58. The third-order valence-corrected chi connectivity index (χ3v) is 7.51. The Hall–Kier alpha value is -1.65. The molecule has 1 aliphatic rings. The van der Waals surface area contributed by atoms with Gasteiger partial charge >= 0.3 is 0 Å². The van der Waals surface area contributed by atoms with Crippen LogP contribution in [-0.4, -0.2) is 70.0 Å². The van der Waals surface area contributed by atoms with E-state index in [1.54, 1.807) is 22.4 Å². The first-order chi connectivity index (χ1) is 13.5. The van der Waals surface area contributed by atoms with Crippen LogP contribution in [0.1, 0.15) is 0 Å². The van der Waals surface area contributed by atoms with Crippen LogP contribution in [0.4, 0.5) is 0 Å². The SMILES string of the molecule is O=C(CNS(=O)(=O)c1cccs1)N1CCN(CCOc2ccccc2Cl)CC1. The third-order valence-electron chi connectivity index (χ3n) is 4.40. The van der Waals surface area contributed by atoms with E-state index in [0.717, 1.165) is 31.0 Å². The predicted molar refractivity (Wildman–Crippen MR) is 109 cm³/mol. The Kier molecular flexibility index (Phi) is 7.30. The standard InChI is InChI=1S/C18H22ClN3O4S2/c19-15-4-1-2-5-16(15)26-12-11-21-7-9-22(10-8-21)17(23)14-20-28(24,25)18-6-3-13-27-18/h1-6,13,20H,7-12,14H2. The summed E-state index contributed by atoms with van der Waals surface area (Å²) in [6.07, 6.45) is 0. The molecular formula is C18H22ClN3O4S2. The van der Waals surface area contributed by atoms with E-state index in [1.165, 1.54) is 6.07 Å². The van der Waals surface area contributed by atoms with Crippen molar-refractivity contribution in [2.45, 2.75) is 4.21 Å². The Morgan fingerprint density at radius 2 is 1.89 bits per heavy atom. The second-order valence-corrected chi connectivity index (χ2v) is 9.61. The van der Waals surface area contributed by atoms with Crippen molar-refractivity contribution in [3.8, 4) is 5.75 Å². The van der Waals surface area contributed by atoms with E-state index in [4.69, 9.17) is 16.3 Å². The number of halogens is 1. The van der Waals surface area contributed by atoms with Gasteiger partial charge in [0.2, 0.25) is 5.91 Å². The molecule has 3 rings (SSSR count). The highest BCUT2D eigenvalue weighted by Crippen LogP contribution is 2.23. The molecule has 2 heterocycles. The van der Waals surface area contributed by atoms with E-state index in [1.807, 2.05) is 18.2 Å². The number of nitrogens with zero attached hydrogens (tertiary/aromatic N) is 2. The lowest BCUT2D eigenvalue weighted by atomic mass is 10.3. The van der Waals surface area contributed by atoms with Gasteiger partial charge in [0.15, 0.2) is 0 Å². The van der Waals surface area contributed by atoms with Crippen LogP contribution in [0.2, 0.25) is 5.02 Å². The molecule has 0 aliphatic carbocycles. The first-order valence-electron chi connectivity index (χ1n) is 8.86. The van der Waals surface area contributed by atoms with Crippen LogP contribution in [0.5, 0.6) is 5.75 Å². The van der Waals surface area contributed by atoms with Gasteiger partial charge in [-0.15, -0.1) is 11.3 Å². The number of ether oxygens (including phenoxy) is 1. The van der Waals surface area contributed by atoms with Crippen molar-refractivity contribution in [2.75, 3.05) is 45.9 Å². The van der Waals surface area contributed by atoms with Gasteiger partial charge in [-0.25, -0.2) is 13.1 Å². The van der Waals surface area contributed by atoms with Crippen molar-refractivity contribution < 1.29 is 17.9 Å². The Morgan fingerprint density at radius 1 is 1.14 bits per heavy atom. The number of thiophene rings is 1. The minimum atomic E-state index is -3.62. The molecule has 1 amide bonds. The first-order valence-corrected chi connectivity index (χ1v) is 11.6. The van der Waals surface area contributed by atoms with E-state index >= 15 is 0 Å². The zero-order valence-electron chi connectivity index (χ0n) is 15.2. The second kappa shape index (κ2) is 9.71. The Balaban J connectivity index is 1.37. The van der Waals surface area contributed by atoms with Crippen LogP contribution in [0.25, 0.3) is 0 Å². The minimum Gasteiger partial charge on any atom is -0.491 e. The number of carbonyl (C=O) groups excluding carboxylic acids is 1. The van der Waals surface area contributed by atoms with Gasteiger partial charge in [0.05, 0.1) is 11.6 Å². The molecule has 1 fully saturated rings. The Morgan fingerprint density at radius 3 is 2.57 bits per heavy atom. The lowest BCUT2D eigenvalue weighted by Crippen LogP contribution is -2.51. The van der Waals surface area contributed by atoms with Crippen LogP contribution in [0.3, 0.4) is 0 Å². The molecule has 1 saturated heterocycles. The summed E-state index contributed by atoms with van der Waals surface area (Å²) in [6, 6.07) is 10.5. The van der Waals surface area contributed by atoms with Crippen LogP contribution >= 0.6 is 22.9 Å². The number of sulfonamides is 1. The lowest BCUT2D eigenvalue weighted by Gasteiger charge is -2.34. The molecule has 2 aromatic rings. The number of benzene rings is 1. The van der Waals surface area contributed by atoms with Crippen molar-refractivity contribution in [2.24, 2.45) is 0 Å². The van der Waals surface area contributed by atoms with Gasteiger partial charge < -0.3 is 9.64 Å². The predicted octanol–water partition coefficient (Wildman–Crippen LogP) is 1.90. The quantitative estimate of drug-likeness (QED) is 0.674. The summed E-state index contributed by atoms with van der Waals surface area (Å²) in [5.74, 6) is 0.447. The second-order valence-electron chi connectivity index (χ2n) is 6.26. The summed E-state index contributed by atoms with van der Waals surface area (Å²) in [5.41, 5.74) is 0. The number of para-hydroxylation sites is 1. The molecule has 0 unspecified atom stereocenters. The number of amides is 1. The summed E-state index contributed by atoms with van der Waals surface area (Å²) in [5, 5.41) is 2.27. The highest BCUT2D eigenvalue weighted by molar-refractivity contribution is 7.91. The molecule has 0 saturated carbocycles. The topological polar surface area (TPSA) is 79.0 Å². The van der Waals surface area contributed by atoms with Gasteiger partial charge in [-0.05, 0) is 23.6 Å². The van der Waals surface area contributed by atoms with Crippen molar-refractivity contribution in [3.63, 3.8) is 0 Å². The average molecular weight is 444 g/mol. The minimum absolute atomic E-state index is 0.212. The summed E-state index contributed by atoms with van der Waals surface area (Å²) in [7, 11) is -3.62. The molecule has 1 aliphatic heterocycles. The summed E-state index contributed by atoms with van der Waals surface area (Å²) < 4.78 is 32.5. The average Bonchev–Trinajstić information content (AvgIpc) is 3.24. The van der Waals surface area contributed by atoms with Crippen molar-refractivity contribution >= 4 is 38.9 Å². The number of piperazine rings is 1. The zero-order chi connectivity index (χ0) is 20.0. The van der Waals surface area contributed by atoms with Crippen LogP contribution < -0.4 is 9.46 Å². The highest BCUT2D eigenvalue weighted by atomic mass is 35.5. The van der Waals surface area contributed by atoms with Gasteiger partial charge in [0, 0.05) is 32.7 Å². The fourth-order valence-electron chi connectivity index (χ4n) is 2.82. The van der Waals surface area contributed by atoms with Crippen molar-refractivity contribution in [1.29, 1.82) is 0 Å². The van der Waals surface area contributed by atoms with E-state index in [9.17, 15) is 13.2 Å². The maximum atomic E-state index is 12.3. The summed E-state index contributed by atoms with van der Waals surface area (Å²) >= 11 is 7.19. The van der Waals surface area contributed by atoms with E-state index in [2.05, 4.69) is 9.62 Å². The highest BCUT2D eigenvalue weighted by Gasteiger charge is 2.23. The molecule has 1 aromatic heterocycles. The fourth-order valence-corrected chi connectivity index (χ4v) is 5.03. The van der Waals surface area contributed by atoms with Crippen molar-refractivity contribution in [1.82, 2.24) is 14.5 Å². The van der Waals surface area contributed by atoms with Crippen LogP contribution in [0.15, 0.2) is 46.0 Å². The molecule has 152 valence electrons. The van der Waals surface area contributed by atoms with Crippen LogP contribution in [0, 0.1) is 0 Å². The molecule has 1 aromatic carbocycles. The van der Waals surface area contributed by atoms with E-state index in [0.29, 0.717) is 30.5 Å². The first kappa shape index (κ1) is 21.1. The maximum Gasteiger partial charge on any atom is 0.250 e. The number of carbonyl (C=O) groups is 1. The number of nitrogens with one attached hydrogen (secondary N) is 1. The van der Waals surface area contributed by atoms with Gasteiger partial charge in [0.1, 0.15) is 16.6 Å². The normalized spacial score (nSPS) is 15.5. The number of hydrogen-bond donors (Lipinski definition) is 1. The molecular weight excluding hydrogens is 422 g/mol. The van der Waals surface area contributed by atoms with E-state index in [-0.39, 0.29) is 16.7 Å². The molecule has 7 nitrogen and oxygen atoms in total. The molecule has 28 heavy (non-hydrogen) atoms. The monoisotopic (exact) mass is 443 g/mol. The molecule has 1 N–H and O–H groups in total. The molecule has 0 atom stereocenters. The van der Waals surface area contributed by atoms with Crippen LogP contribution in [-0.2, 0) is 14.8 Å². The maximum absolute atomic E-state index is 12.3. The smallest absolute Gasteiger partial charge is 0.250 e. The lowest BCUT2D eigenvalue weighted by molar-refractivity contribution is -0.131. The third kappa shape index (κ3) is 5.68. The molecule has 0 bridgehead atoms. The van der Waals surface area contributed by atoms with Gasteiger partial charge in [0.25, 0.3) is 10.0 Å². The molecule has 0 spiro atoms. The largest absolute Gasteiger partial charge is 0.491 e. The molecule has 0 radical (unpaired) electrons. The van der Waals surface area contributed by atoms with Gasteiger partial charge in [-0.3, -0.25) is 9.69 Å². The van der Waals surface area contributed by atoms with Gasteiger partial charge in [-0.2, -0.15) is 0 Å². The summed E-state index contributed by atoms with van der Waals surface area (Å²) in [4.78, 5) is 16.2. The van der Waals surface area contributed by atoms with E-state index < -0.39 is 10.0 Å².